The van der Waals surface area contributed by atoms with Gasteiger partial charge in [-0.3, -0.25) is 0 Å². The second kappa shape index (κ2) is 6.08. The number of nitrogens with zero attached hydrogens (tertiary/aromatic N) is 2. The number of terminal acetylenes is 1. The number of pyridine rings is 1. The van der Waals surface area contributed by atoms with Crippen molar-refractivity contribution < 1.29 is 5.11 Å². The van der Waals surface area contributed by atoms with Crippen LogP contribution in [0.4, 0.5) is 5.82 Å². The molecular weight excluding hydrogens is 236 g/mol. The quantitative estimate of drug-likeness (QED) is 0.797. The van der Waals surface area contributed by atoms with Gasteiger partial charge >= 0.3 is 0 Å². The largest absolute Gasteiger partial charge is 0.392 e. The fourth-order valence-electron chi connectivity index (χ4n) is 2.10. The van der Waals surface area contributed by atoms with Gasteiger partial charge in [0.2, 0.25) is 0 Å². The van der Waals surface area contributed by atoms with E-state index in [1.165, 1.54) is 12.8 Å². The lowest BCUT2D eigenvalue weighted by atomic mass is 10.1. The first-order valence-electron chi connectivity index (χ1n) is 6.94. The molecule has 0 atom stereocenters. The van der Waals surface area contributed by atoms with Gasteiger partial charge in [0.05, 0.1) is 13.2 Å². The molecule has 1 N–H and O–H groups in total. The van der Waals surface area contributed by atoms with Crippen LogP contribution in [0.15, 0.2) is 12.1 Å². The summed E-state index contributed by atoms with van der Waals surface area (Å²) in [4.78, 5) is 6.86. The third-order valence-electron chi connectivity index (χ3n) is 3.45. The normalized spacial score (nSPS) is 14.5. The Morgan fingerprint density at radius 2 is 2.21 bits per heavy atom. The van der Waals surface area contributed by atoms with Crippen LogP contribution in [0.1, 0.15) is 43.9 Å². The lowest BCUT2D eigenvalue weighted by Crippen LogP contribution is -2.27. The second-order valence-corrected chi connectivity index (χ2v) is 5.60. The van der Waals surface area contributed by atoms with Crippen LogP contribution in [-0.2, 0) is 6.61 Å². The van der Waals surface area contributed by atoms with E-state index in [0.717, 1.165) is 29.5 Å². The van der Waals surface area contributed by atoms with E-state index in [1.54, 1.807) is 0 Å². The van der Waals surface area contributed by atoms with Crippen molar-refractivity contribution in [2.45, 2.75) is 39.2 Å². The molecule has 3 heteroatoms. The molecular formula is C16H22N2O. The van der Waals surface area contributed by atoms with E-state index in [2.05, 4.69) is 24.7 Å². The summed E-state index contributed by atoms with van der Waals surface area (Å²) in [6.07, 6.45) is 8.04. The molecule has 1 aliphatic carbocycles. The van der Waals surface area contributed by atoms with Crippen LogP contribution in [0.25, 0.3) is 0 Å². The molecule has 1 aromatic rings. The Balaban J connectivity index is 2.28. The number of hydrogen-bond donors (Lipinski definition) is 1. The zero-order chi connectivity index (χ0) is 13.8. The van der Waals surface area contributed by atoms with Gasteiger partial charge in [0, 0.05) is 12.2 Å². The SMILES string of the molecule is C#CCN(CC1CC1)c1cc(CO)cc(C(C)C)n1. The summed E-state index contributed by atoms with van der Waals surface area (Å²) in [7, 11) is 0. The summed E-state index contributed by atoms with van der Waals surface area (Å²) < 4.78 is 0. The summed E-state index contributed by atoms with van der Waals surface area (Å²) in [5.74, 6) is 4.72. The number of anilines is 1. The zero-order valence-electron chi connectivity index (χ0n) is 11.8. The lowest BCUT2D eigenvalue weighted by molar-refractivity contribution is 0.281. The first kappa shape index (κ1) is 13.9. The van der Waals surface area contributed by atoms with Crippen molar-refractivity contribution in [2.24, 2.45) is 5.92 Å². The van der Waals surface area contributed by atoms with E-state index >= 15 is 0 Å². The Bertz CT molecular complexity index is 472. The maximum absolute atomic E-state index is 9.39. The maximum Gasteiger partial charge on any atom is 0.129 e. The summed E-state index contributed by atoms with van der Waals surface area (Å²) in [6, 6.07) is 3.92. The van der Waals surface area contributed by atoms with Crippen molar-refractivity contribution in [1.82, 2.24) is 4.98 Å². The van der Waals surface area contributed by atoms with Gasteiger partial charge in [-0.1, -0.05) is 19.8 Å². The van der Waals surface area contributed by atoms with Crippen LogP contribution >= 0.6 is 0 Å². The van der Waals surface area contributed by atoms with Crippen molar-refractivity contribution in [3.8, 4) is 12.3 Å². The highest BCUT2D eigenvalue weighted by Crippen LogP contribution is 2.31. The van der Waals surface area contributed by atoms with Gasteiger partial charge < -0.3 is 10.0 Å². The van der Waals surface area contributed by atoms with Crippen molar-refractivity contribution in [2.75, 3.05) is 18.0 Å². The molecule has 0 bridgehead atoms. The Morgan fingerprint density at radius 3 is 2.74 bits per heavy atom. The Labute approximate surface area is 115 Å². The Hall–Kier alpha value is -1.53. The molecule has 0 spiro atoms. The van der Waals surface area contributed by atoms with Crippen LogP contribution in [0.5, 0.6) is 0 Å². The molecule has 0 unspecified atom stereocenters. The molecule has 3 nitrogen and oxygen atoms in total. The van der Waals surface area contributed by atoms with Crippen molar-refractivity contribution >= 4 is 5.82 Å². The van der Waals surface area contributed by atoms with Crippen molar-refractivity contribution in [1.29, 1.82) is 0 Å². The molecule has 1 heterocycles. The number of aromatic nitrogens is 1. The molecule has 0 aromatic carbocycles. The van der Waals surface area contributed by atoms with Gasteiger partial charge in [0.1, 0.15) is 5.82 Å². The monoisotopic (exact) mass is 258 g/mol. The average Bonchev–Trinajstić information content (AvgIpc) is 3.21. The van der Waals surface area contributed by atoms with E-state index in [9.17, 15) is 5.11 Å². The van der Waals surface area contributed by atoms with Gasteiger partial charge in [-0.15, -0.1) is 6.42 Å². The third kappa shape index (κ3) is 3.71. The predicted octanol–water partition coefficient (Wildman–Crippen LogP) is 2.55. The summed E-state index contributed by atoms with van der Waals surface area (Å²) in [6.45, 7) is 5.82. The first-order chi connectivity index (χ1) is 9.13. The number of rotatable bonds is 6. The van der Waals surface area contributed by atoms with Crippen LogP contribution in [-0.4, -0.2) is 23.2 Å². The minimum absolute atomic E-state index is 0.0442. The van der Waals surface area contributed by atoms with E-state index in [4.69, 9.17) is 11.4 Å². The summed E-state index contributed by atoms with van der Waals surface area (Å²) >= 11 is 0. The fourth-order valence-corrected chi connectivity index (χ4v) is 2.10. The van der Waals surface area contributed by atoms with E-state index in [0.29, 0.717) is 12.5 Å². The highest BCUT2D eigenvalue weighted by Gasteiger charge is 2.25. The summed E-state index contributed by atoms with van der Waals surface area (Å²) in [5.41, 5.74) is 1.92. The van der Waals surface area contributed by atoms with Crippen LogP contribution in [0.2, 0.25) is 0 Å². The topological polar surface area (TPSA) is 36.4 Å². The molecule has 2 rings (SSSR count). The minimum Gasteiger partial charge on any atom is -0.392 e. The van der Waals surface area contributed by atoms with Crippen LogP contribution in [0.3, 0.4) is 0 Å². The van der Waals surface area contributed by atoms with E-state index in [-0.39, 0.29) is 6.61 Å². The Morgan fingerprint density at radius 1 is 1.47 bits per heavy atom. The highest BCUT2D eigenvalue weighted by atomic mass is 16.3. The average molecular weight is 258 g/mol. The molecule has 102 valence electrons. The van der Waals surface area contributed by atoms with Crippen molar-refractivity contribution in [3.05, 3.63) is 23.4 Å². The molecule has 0 radical (unpaired) electrons. The van der Waals surface area contributed by atoms with E-state index < -0.39 is 0 Å². The number of hydrogen-bond acceptors (Lipinski definition) is 3. The third-order valence-corrected chi connectivity index (χ3v) is 3.45. The van der Waals surface area contributed by atoms with Crippen LogP contribution < -0.4 is 4.90 Å². The molecule has 1 saturated carbocycles. The van der Waals surface area contributed by atoms with Gasteiger partial charge in [0.15, 0.2) is 0 Å². The van der Waals surface area contributed by atoms with Gasteiger partial charge in [0.25, 0.3) is 0 Å². The zero-order valence-corrected chi connectivity index (χ0v) is 11.8. The Kier molecular flexibility index (Phi) is 4.44. The highest BCUT2D eigenvalue weighted by molar-refractivity contribution is 5.44. The molecule has 1 aliphatic rings. The number of aliphatic hydroxyl groups excluding tert-OH is 1. The summed E-state index contributed by atoms with van der Waals surface area (Å²) in [5, 5.41) is 9.39. The van der Waals surface area contributed by atoms with Gasteiger partial charge in [-0.25, -0.2) is 4.98 Å². The smallest absolute Gasteiger partial charge is 0.129 e. The fraction of sp³-hybridized carbons (Fsp3) is 0.562. The lowest BCUT2D eigenvalue weighted by Gasteiger charge is -2.23. The van der Waals surface area contributed by atoms with Gasteiger partial charge in [-0.05, 0) is 42.4 Å². The molecule has 0 aliphatic heterocycles. The van der Waals surface area contributed by atoms with Crippen LogP contribution in [0, 0.1) is 18.3 Å². The molecule has 1 aromatic heterocycles. The van der Waals surface area contributed by atoms with Crippen molar-refractivity contribution in [3.63, 3.8) is 0 Å². The molecule has 19 heavy (non-hydrogen) atoms. The maximum atomic E-state index is 9.39. The predicted molar refractivity (Wildman–Crippen MR) is 78.0 cm³/mol. The molecule has 0 saturated heterocycles. The molecule has 0 amide bonds. The second-order valence-electron chi connectivity index (χ2n) is 5.60. The minimum atomic E-state index is 0.0442. The van der Waals surface area contributed by atoms with Gasteiger partial charge in [-0.2, -0.15) is 0 Å². The first-order valence-corrected chi connectivity index (χ1v) is 6.94. The number of aliphatic hydroxyl groups is 1. The molecule has 1 fully saturated rings. The van der Waals surface area contributed by atoms with E-state index in [1.807, 2.05) is 12.1 Å². The standard InChI is InChI=1S/C16H22N2O/c1-4-7-18(10-13-5-6-13)16-9-14(11-19)8-15(17-16)12(2)3/h1,8-9,12-13,19H,5-7,10-11H2,2-3H3.